The number of ether oxygens (including phenoxy) is 2. The highest BCUT2D eigenvalue weighted by atomic mass is 35.5. The molecule has 1 aliphatic rings. The maximum absolute atomic E-state index is 14.9. The Kier molecular flexibility index (Phi) is 10.5. The van der Waals surface area contributed by atoms with Gasteiger partial charge in [0.05, 0.1) is 12.6 Å². The number of rotatable bonds is 10. The van der Waals surface area contributed by atoms with Crippen molar-refractivity contribution in [2.24, 2.45) is 0 Å². The monoisotopic (exact) mass is 488 g/mol. The molecule has 1 radical (unpaired) electrons. The fraction of sp³-hybridized carbons (Fsp3) is 0.842. The molecule has 1 saturated heterocycles. The first-order valence-electron chi connectivity index (χ1n) is 10.0. The fourth-order valence-electron chi connectivity index (χ4n) is 2.64. The van der Waals surface area contributed by atoms with Crippen LogP contribution in [-0.4, -0.2) is 71.3 Å². The van der Waals surface area contributed by atoms with Crippen LogP contribution in [-0.2, 0) is 18.7 Å². The SMILES string of the molecule is C/C(=C\C[B][C@@H]1O[C@H](CO[Si](C)(C)C(C)(C)C)C(OCCl)C1F)CNC(=O)C(F)(F)F. The molecule has 0 spiro atoms. The van der Waals surface area contributed by atoms with Crippen LogP contribution in [0.4, 0.5) is 17.6 Å². The van der Waals surface area contributed by atoms with Crippen molar-refractivity contribution in [1.29, 1.82) is 0 Å². The van der Waals surface area contributed by atoms with Gasteiger partial charge in [-0.2, -0.15) is 13.2 Å². The Morgan fingerprint density at radius 2 is 1.90 bits per heavy atom. The van der Waals surface area contributed by atoms with E-state index in [2.05, 4.69) is 33.9 Å². The number of nitrogens with one attached hydrogen (secondary N) is 1. The number of alkyl halides is 5. The van der Waals surface area contributed by atoms with Gasteiger partial charge in [-0.25, -0.2) is 4.39 Å². The summed E-state index contributed by atoms with van der Waals surface area (Å²) in [5.41, 5.74) is 0.508. The largest absolute Gasteiger partial charge is 0.471 e. The lowest BCUT2D eigenvalue weighted by Crippen LogP contribution is -2.44. The van der Waals surface area contributed by atoms with Gasteiger partial charge in [0.2, 0.25) is 0 Å². The minimum atomic E-state index is -4.93. The average molecular weight is 489 g/mol. The molecule has 179 valence electrons. The van der Waals surface area contributed by atoms with Gasteiger partial charge in [0.1, 0.15) is 24.4 Å². The summed E-state index contributed by atoms with van der Waals surface area (Å²) < 4.78 is 68.8. The van der Waals surface area contributed by atoms with Gasteiger partial charge in [0.25, 0.3) is 0 Å². The van der Waals surface area contributed by atoms with Crippen LogP contribution in [0.25, 0.3) is 0 Å². The Balaban J connectivity index is 2.62. The summed E-state index contributed by atoms with van der Waals surface area (Å²) in [5.74, 6) is -2.00. The zero-order chi connectivity index (χ0) is 24.0. The van der Waals surface area contributed by atoms with Crippen molar-refractivity contribution >= 4 is 33.1 Å². The van der Waals surface area contributed by atoms with Gasteiger partial charge in [0.15, 0.2) is 15.6 Å². The quantitative estimate of drug-likeness (QED) is 0.214. The average Bonchev–Trinajstić information content (AvgIpc) is 2.92. The van der Waals surface area contributed by atoms with E-state index in [1.165, 1.54) is 0 Å². The van der Waals surface area contributed by atoms with Gasteiger partial charge in [-0.05, 0) is 25.1 Å². The standard InChI is InChI=1S/C19H32BClF4NO4Si/c1-12(9-26-17(27)19(23,24)25)7-8-20-16-14(22)15(28-11-21)13(30-16)10-29-31(5,6)18(2,3)4/h7,13-16H,8-11H2,1-6H3,(H,26,27)/b12-7+/t13-,14?,15?,16-/m1/s1. The second-order valence-electron chi connectivity index (χ2n) is 9.10. The van der Waals surface area contributed by atoms with Gasteiger partial charge < -0.3 is 19.2 Å². The van der Waals surface area contributed by atoms with Crippen molar-refractivity contribution in [3.05, 3.63) is 11.6 Å². The molecule has 12 heteroatoms. The molecule has 0 saturated carbocycles. The van der Waals surface area contributed by atoms with Crippen molar-refractivity contribution in [2.75, 3.05) is 19.2 Å². The summed E-state index contributed by atoms with van der Waals surface area (Å²) >= 11 is 5.65. The molecule has 0 aromatic carbocycles. The number of carbonyl (C=O) groups is 1. The van der Waals surface area contributed by atoms with Gasteiger partial charge in [0, 0.05) is 6.54 Å². The first kappa shape index (κ1) is 28.4. The molecule has 0 bridgehead atoms. The van der Waals surface area contributed by atoms with Crippen LogP contribution in [0.3, 0.4) is 0 Å². The maximum Gasteiger partial charge on any atom is 0.471 e. The zero-order valence-electron chi connectivity index (χ0n) is 18.8. The number of allylic oxidation sites excluding steroid dienone is 1. The van der Waals surface area contributed by atoms with Crippen molar-refractivity contribution in [3.8, 4) is 0 Å². The molecule has 1 fully saturated rings. The maximum atomic E-state index is 14.9. The molecular weight excluding hydrogens is 457 g/mol. The van der Waals surface area contributed by atoms with Gasteiger partial charge in [-0.15, -0.1) is 0 Å². The highest BCUT2D eigenvalue weighted by Crippen LogP contribution is 2.37. The third-order valence-corrected chi connectivity index (χ3v) is 10.2. The summed E-state index contributed by atoms with van der Waals surface area (Å²) in [6.07, 6.45) is -6.03. The Hall–Kier alpha value is -0.618. The van der Waals surface area contributed by atoms with E-state index in [4.69, 9.17) is 25.5 Å². The molecule has 0 aromatic heterocycles. The van der Waals surface area contributed by atoms with Crippen LogP contribution in [0.1, 0.15) is 27.7 Å². The predicted octanol–water partition coefficient (Wildman–Crippen LogP) is 4.40. The topological polar surface area (TPSA) is 56.8 Å². The minimum Gasteiger partial charge on any atom is -0.414 e. The van der Waals surface area contributed by atoms with Gasteiger partial charge in [-0.3, -0.25) is 4.79 Å². The Bertz CT molecular complexity index is 631. The third-order valence-electron chi connectivity index (χ3n) is 5.62. The van der Waals surface area contributed by atoms with Gasteiger partial charge >= 0.3 is 12.1 Å². The summed E-state index contributed by atoms with van der Waals surface area (Å²) in [4.78, 5) is 10.8. The van der Waals surface area contributed by atoms with Crippen molar-refractivity contribution in [3.63, 3.8) is 0 Å². The van der Waals surface area contributed by atoms with E-state index in [1.807, 2.05) is 0 Å². The van der Waals surface area contributed by atoms with E-state index in [1.54, 1.807) is 25.6 Å². The number of carbonyl (C=O) groups excluding carboxylic acids is 1. The van der Waals surface area contributed by atoms with E-state index in [-0.39, 0.29) is 30.6 Å². The van der Waals surface area contributed by atoms with Crippen molar-refractivity contribution in [1.82, 2.24) is 5.32 Å². The highest BCUT2D eigenvalue weighted by molar-refractivity contribution is 6.74. The van der Waals surface area contributed by atoms with Crippen LogP contribution in [0.2, 0.25) is 24.5 Å². The lowest BCUT2D eigenvalue weighted by atomic mass is 9.66. The fourth-order valence-corrected chi connectivity index (χ4v) is 3.80. The molecular formula is C19H32BClF4NO4Si. The van der Waals surface area contributed by atoms with E-state index >= 15 is 0 Å². The Labute approximate surface area is 188 Å². The van der Waals surface area contributed by atoms with Crippen LogP contribution in [0.15, 0.2) is 11.6 Å². The number of halogens is 5. The first-order valence-corrected chi connectivity index (χ1v) is 13.5. The minimum absolute atomic E-state index is 0.0149. The zero-order valence-corrected chi connectivity index (χ0v) is 20.6. The second kappa shape index (κ2) is 11.5. The van der Waals surface area contributed by atoms with E-state index in [0.29, 0.717) is 5.57 Å². The Morgan fingerprint density at radius 3 is 2.42 bits per heavy atom. The molecule has 0 aliphatic carbocycles. The Morgan fingerprint density at radius 1 is 1.29 bits per heavy atom. The van der Waals surface area contributed by atoms with E-state index in [9.17, 15) is 22.4 Å². The molecule has 2 unspecified atom stereocenters. The van der Waals surface area contributed by atoms with Crippen LogP contribution >= 0.6 is 11.6 Å². The molecule has 1 aliphatic heterocycles. The van der Waals surface area contributed by atoms with E-state index < -0.39 is 44.8 Å². The normalized spacial score (nSPS) is 25.6. The smallest absolute Gasteiger partial charge is 0.414 e. The molecule has 4 atom stereocenters. The summed E-state index contributed by atoms with van der Waals surface area (Å²) in [7, 11) is -0.487. The van der Waals surface area contributed by atoms with E-state index in [0.717, 1.165) is 0 Å². The predicted molar refractivity (Wildman–Crippen MR) is 116 cm³/mol. The number of hydrogen-bond donors (Lipinski definition) is 1. The molecule has 31 heavy (non-hydrogen) atoms. The number of hydrogen-bond acceptors (Lipinski definition) is 4. The van der Waals surface area contributed by atoms with Crippen LogP contribution in [0.5, 0.6) is 0 Å². The van der Waals surface area contributed by atoms with Crippen LogP contribution < -0.4 is 5.32 Å². The van der Waals surface area contributed by atoms with Crippen LogP contribution in [0, 0.1) is 0 Å². The molecule has 1 amide bonds. The van der Waals surface area contributed by atoms with Crippen molar-refractivity contribution < 1.29 is 36.3 Å². The molecule has 5 nitrogen and oxygen atoms in total. The number of amides is 1. The molecule has 1 heterocycles. The first-order chi connectivity index (χ1) is 14.1. The summed E-state index contributed by atoms with van der Waals surface area (Å²) in [6, 6.07) is -1.05. The highest BCUT2D eigenvalue weighted by Gasteiger charge is 2.47. The molecule has 0 aromatic rings. The van der Waals surface area contributed by atoms with Gasteiger partial charge in [-0.1, -0.05) is 50.3 Å². The lowest BCUT2D eigenvalue weighted by molar-refractivity contribution is -0.173. The van der Waals surface area contributed by atoms with Crippen molar-refractivity contribution in [2.45, 2.75) is 82.7 Å². The molecule has 1 N–H and O–H groups in total. The molecule has 1 rings (SSSR count). The second-order valence-corrected chi connectivity index (χ2v) is 14.1. The third kappa shape index (κ3) is 8.68. The summed E-state index contributed by atoms with van der Waals surface area (Å²) in [6.45, 7) is 12.0. The lowest BCUT2D eigenvalue weighted by Gasteiger charge is -2.37. The summed E-state index contributed by atoms with van der Waals surface area (Å²) in [5, 5.41) is 1.77.